The van der Waals surface area contributed by atoms with Crippen molar-refractivity contribution in [3.8, 4) is 22.9 Å². The molecule has 1 saturated heterocycles. The molecule has 4 fully saturated rings. The van der Waals surface area contributed by atoms with Gasteiger partial charge >= 0.3 is 12.1 Å². The number of aromatic nitrogens is 2. The summed E-state index contributed by atoms with van der Waals surface area (Å²) in [5.41, 5.74) is 0.611. The zero-order chi connectivity index (χ0) is 40.6. The Morgan fingerprint density at radius 1 is 1.04 bits per heavy atom. The molecule has 3 aromatic rings. The first kappa shape index (κ1) is 40.5. The Balaban J connectivity index is 1.20. The highest BCUT2D eigenvalue weighted by molar-refractivity contribution is 7.09. The maximum Gasteiger partial charge on any atom is 0.408 e. The Morgan fingerprint density at radius 2 is 1.75 bits per heavy atom. The van der Waals surface area contributed by atoms with E-state index >= 15 is 0 Å². The van der Waals surface area contributed by atoms with E-state index in [1.807, 2.05) is 51.3 Å². The summed E-state index contributed by atoms with van der Waals surface area (Å²) >= 11 is 1.63. The van der Waals surface area contributed by atoms with Crippen LogP contribution in [-0.4, -0.2) is 87.3 Å². The molecule has 13 nitrogen and oxygen atoms in total. The molecule has 3 heterocycles. The predicted octanol–water partition coefficient (Wildman–Crippen LogP) is 6.99. The van der Waals surface area contributed by atoms with Crippen LogP contribution in [-0.2, 0) is 25.5 Å². The van der Waals surface area contributed by atoms with Crippen LogP contribution in [0.25, 0.3) is 22.3 Å². The first-order valence-corrected chi connectivity index (χ1v) is 21.1. The molecule has 3 N–H and O–H groups in total. The minimum atomic E-state index is -1.50. The monoisotopic (exact) mass is 801 g/mol. The number of likely N-dealkylation sites (tertiary alicyclic amines) is 1. The molecule has 3 amide bonds. The van der Waals surface area contributed by atoms with E-state index < -0.39 is 58.9 Å². The number of thiazole rings is 1. The number of hydrogen-bond donors (Lipinski definition) is 3. The van der Waals surface area contributed by atoms with Crippen molar-refractivity contribution in [3.63, 3.8) is 0 Å². The molecule has 1 aromatic carbocycles. The summed E-state index contributed by atoms with van der Waals surface area (Å²) in [7, 11) is 1.61. The summed E-state index contributed by atoms with van der Waals surface area (Å²) in [6, 6.07) is 3.54. The lowest BCUT2D eigenvalue weighted by atomic mass is 9.85. The minimum absolute atomic E-state index is 0.00430. The zero-order valence-corrected chi connectivity index (χ0v) is 34.4. The second-order valence-corrected chi connectivity index (χ2v) is 18.3. The Morgan fingerprint density at radius 3 is 2.40 bits per heavy atom. The number of carbonyl (C=O) groups excluding carboxylic acids is 3. The van der Waals surface area contributed by atoms with E-state index in [9.17, 15) is 24.3 Å². The minimum Gasteiger partial charge on any atom is -0.496 e. The number of carbonyl (C=O) groups is 4. The van der Waals surface area contributed by atoms with Gasteiger partial charge < -0.3 is 34.9 Å². The molecule has 57 heavy (non-hydrogen) atoms. The van der Waals surface area contributed by atoms with Crippen molar-refractivity contribution in [3.05, 3.63) is 46.8 Å². The standard InChI is InChI=1S/C43H55N5O8S/c1-7-26-21-43(26,40(51)52)47-38(49)33-18-28(22-48(33)39(50)37(42(3,4)5)46-41(53)56-27-14-10-11-15-27)55-35-20-31(44-30-19-34(54-6)24(2)16-29(30)35)32-23-57-36(45-32)17-25-12-8-9-13-25/h7,16,19-20,23,25-28,33,37H,1,8-15,17-18,21-22H2,2-6H3,(H,46,53)(H,47,49)(H,51,52)/t26-,28-,33+,37-,43-/m1/s1. The molecule has 0 unspecified atom stereocenters. The van der Waals surface area contributed by atoms with Crippen LogP contribution >= 0.6 is 11.3 Å². The SMILES string of the molecule is C=C[C@@H]1C[C@]1(NC(=O)[C@@H]1C[C@@H](Oc2cc(-c3csc(CC4CCCC4)n3)nc3cc(OC)c(C)cc23)CN1C(=O)[C@@H](NC(=O)OC1CCCC1)C(C)(C)C)C(=O)O. The fourth-order valence-corrected chi connectivity index (χ4v) is 9.66. The number of ether oxygens (including phenoxy) is 3. The first-order valence-electron chi connectivity index (χ1n) is 20.3. The molecule has 2 aromatic heterocycles. The number of carboxylic acid groups (broad SMARTS) is 1. The number of nitrogens with one attached hydrogen (secondary N) is 2. The van der Waals surface area contributed by atoms with Crippen LogP contribution in [0.1, 0.15) is 95.6 Å². The summed E-state index contributed by atoms with van der Waals surface area (Å²) < 4.78 is 18.1. The highest BCUT2D eigenvalue weighted by atomic mass is 32.1. The molecule has 306 valence electrons. The fourth-order valence-electron chi connectivity index (χ4n) is 8.76. The van der Waals surface area contributed by atoms with Crippen molar-refractivity contribution in [2.75, 3.05) is 13.7 Å². The molecule has 1 aliphatic heterocycles. The van der Waals surface area contributed by atoms with E-state index in [2.05, 4.69) is 17.2 Å². The molecule has 5 atom stereocenters. The number of amides is 3. The Hall–Kier alpha value is -4.72. The Labute approximate surface area is 337 Å². The maximum atomic E-state index is 14.7. The topological polar surface area (TPSA) is 169 Å². The molecular formula is C43H55N5O8S. The number of pyridine rings is 1. The van der Waals surface area contributed by atoms with Gasteiger partial charge in [0.05, 0.1) is 35.6 Å². The lowest BCUT2D eigenvalue weighted by molar-refractivity contribution is -0.146. The highest BCUT2D eigenvalue weighted by Gasteiger charge is 2.61. The lowest BCUT2D eigenvalue weighted by Crippen LogP contribution is -2.59. The number of carboxylic acids is 1. The first-order chi connectivity index (χ1) is 27.2. The third-order valence-corrected chi connectivity index (χ3v) is 13.0. The van der Waals surface area contributed by atoms with Gasteiger partial charge in [-0.05, 0) is 62.0 Å². The van der Waals surface area contributed by atoms with Gasteiger partial charge in [-0.3, -0.25) is 9.59 Å². The van der Waals surface area contributed by atoms with Crippen LogP contribution in [0.4, 0.5) is 4.79 Å². The number of aliphatic carboxylic acids is 1. The zero-order valence-electron chi connectivity index (χ0n) is 33.6. The van der Waals surface area contributed by atoms with Crippen LogP contribution in [0, 0.1) is 24.2 Å². The second kappa shape index (κ2) is 16.3. The summed E-state index contributed by atoms with van der Waals surface area (Å²) in [6.45, 7) is 11.2. The van der Waals surface area contributed by atoms with E-state index in [1.54, 1.807) is 18.4 Å². The third kappa shape index (κ3) is 8.61. The van der Waals surface area contributed by atoms with E-state index in [-0.39, 0.29) is 25.5 Å². The van der Waals surface area contributed by atoms with Crippen LogP contribution < -0.4 is 20.1 Å². The normalized spacial score (nSPS) is 24.3. The highest BCUT2D eigenvalue weighted by Crippen LogP contribution is 2.45. The van der Waals surface area contributed by atoms with Crippen molar-refractivity contribution >= 4 is 46.1 Å². The van der Waals surface area contributed by atoms with Crippen molar-refractivity contribution < 1.29 is 38.5 Å². The lowest BCUT2D eigenvalue weighted by Gasteiger charge is -2.35. The number of nitrogens with zero attached hydrogens (tertiary/aromatic N) is 3. The molecule has 7 rings (SSSR count). The quantitative estimate of drug-likeness (QED) is 0.153. The fraction of sp³-hybridized carbons (Fsp3) is 0.581. The van der Waals surface area contributed by atoms with Gasteiger partial charge in [0.1, 0.15) is 41.3 Å². The number of hydrogen-bond acceptors (Lipinski definition) is 10. The summed E-state index contributed by atoms with van der Waals surface area (Å²) in [6.07, 6.45) is 9.64. The largest absolute Gasteiger partial charge is 0.496 e. The average molecular weight is 802 g/mol. The molecule has 0 radical (unpaired) electrons. The van der Waals surface area contributed by atoms with Gasteiger partial charge in [-0.25, -0.2) is 19.6 Å². The maximum absolute atomic E-state index is 14.7. The smallest absolute Gasteiger partial charge is 0.408 e. The van der Waals surface area contributed by atoms with Crippen LogP contribution in [0.15, 0.2) is 36.2 Å². The number of methoxy groups -OCH3 is 1. The number of alkyl carbamates (subject to hydrolysis) is 1. The van der Waals surface area contributed by atoms with Crippen LogP contribution in [0.2, 0.25) is 0 Å². The van der Waals surface area contributed by atoms with Gasteiger partial charge in [0, 0.05) is 41.7 Å². The van der Waals surface area contributed by atoms with Crippen molar-refractivity contribution in [1.82, 2.24) is 25.5 Å². The predicted molar refractivity (Wildman–Crippen MR) is 216 cm³/mol. The molecule has 3 saturated carbocycles. The summed E-state index contributed by atoms with van der Waals surface area (Å²) in [5.74, 6) is -0.885. The Kier molecular flexibility index (Phi) is 11.5. The van der Waals surface area contributed by atoms with Gasteiger partial charge in [0.2, 0.25) is 11.8 Å². The van der Waals surface area contributed by atoms with Crippen molar-refractivity contribution in [1.29, 1.82) is 0 Å². The molecule has 0 bridgehead atoms. The van der Waals surface area contributed by atoms with E-state index in [0.717, 1.165) is 53.8 Å². The second-order valence-electron chi connectivity index (χ2n) is 17.4. The van der Waals surface area contributed by atoms with Crippen LogP contribution in [0.3, 0.4) is 0 Å². The van der Waals surface area contributed by atoms with E-state index in [0.29, 0.717) is 28.6 Å². The molecule has 3 aliphatic carbocycles. The molecule has 4 aliphatic rings. The van der Waals surface area contributed by atoms with Crippen molar-refractivity contribution in [2.24, 2.45) is 17.3 Å². The molecule has 14 heteroatoms. The van der Waals surface area contributed by atoms with Gasteiger partial charge in [-0.1, -0.05) is 52.5 Å². The van der Waals surface area contributed by atoms with Gasteiger partial charge in [0.15, 0.2) is 0 Å². The van der Waals surface area contributed by atoms with Crippen molar-refractivity contribution in [2.45, 2.75) is 128 Å². The third-order valence-electron chi connectivity index (χ3n) is 12.2. The number of rotatable bonds is 13. The molecular weight excluding hydrogens is 747 g/mol. The Bertz CT molecular complexity index is 2030. The van der Waals surface area contributed by atoms with Gasteiger partial charge in [-0.15, -0.1) is 17.9 Å². The summed E-state index contributed by atoms with van der Waals surface area (Å²) in [4.78, 5) is 65.8. The average Bonchev–Trinajstić information content (AvgIpc) is 3.80. The summed E-state index contributed by atoms with van der Waals surface area (Å²) in [5, 5.41) is 19.5. The van der Waals surface area contributed by atoms with E-state index in [1.165, 1.54) is 36.7 Å². The van der Waals surface area contributed by atoms with E-state index in [4.69, 9.17) is 24.2 Å². The number of aryl methyl sites for hydroxylation is 1. The number of benzene rings is 1. The molecule has 0 spiro atoms. The van der Waals surface area contributed by atoms with Gasteiger partial charge in [-0.2, -0.15) is 0 Å². The number of fused-ring (bicyclic) bond motifs is 1. The van der Waals surface area contributed by atoms with Gasteiger partial charge in [0.25, 0.3) is 0 Å². The van der Waals surface area contributed by atoms with Crippen LogP contribution in [0.5, 0.6) is 11.5 Å².